The largest absolute Gasteiger partial charge is 0.492 e. The van der Waals surface area contributed by atoms with Crippen molar-refractivity contribution in [1.82, 2.24) is 5.32 Å². The van der Waals surface area contributed by atoms with E-state index in [2.05, 4.69) is 5.32 Å². The molecule has 1 amide bonds. The first-order chi connectivity index (χ1) is 11.4. The van der Waals surface area contributed by atoms with Gasteiger partial charge < -0.3 is 14.6 Å². The minimum Gasteiger partial charge on any atom is -0.400 e. The van der Waals surface area contributed by atoms with Gasteiger partial charge in [0.15, 0.2) is 11.6 Å². The zero-order valence-corrected chi connectivity index (χ0v) is 14.9. The van der Waals surface area contributed by atoms with E-state index in [1.54, 1.807) is 0 Å². The maximum absolute atomic E-state index is 14.0. The van der Waals surface area contributed by atoms with Gasteiger partial charge in [0, 0.05) is 25.1 Å². The minimum atomic E-state index is -1.27. The predicted octanol–water partition coefficient (Wildman–Crippen LogP) is 3.25. The van der Waals surface area contributed by atoms with Crippen LogP contribution in [0.25, 0.3) is 6.08 Å². The van der Waals surface area contributed by atoms with Gasteiger partial charge >= 0.3 is 7.12 Å². The first kappa shape index (κ1) is 19.5. The molecule has 1 fully saturated rings. The summed E-state index contributed by atoms with van der Waals surface area (Å²) >= 11 is 0. The molecule has 25 heavy (non-hydrogen) atoms. The molecule has 0 spiro atoms. The first-order valence-corrected chi connectivity index (χ1v) is 7.88. The third-order valence-electron chi connectivity index (χ3n) is 4.48. The number of carbonyl (C=O) groups excluding carboxylic acids is 1. The summed E-state index contributed by atoms with van der Waals surface area (Å²) in [6.45, 7) is 8.75. The van der Waals surface area contributed by atoms with E-state index in [0.29, 0.717) is 11.5 Å². The zero-order valence-electron chi connectivity index (χ0n) is 14.9. The molecule has 1 aromatic rings. The van der Waals surface area contributed by atoms with Gasteiger partial charge in [0.05, 0.1) is 11.2 Å². The molecule has 0 radical (unpaired) electrons. The predicted molar refractivity (Wildman–Crippen MR) is 89.1 cm³/mol. The summed E-state index contributed by atoms with van der Waals surface area (Å²) in [6, 6.07) is 1.23. The molecule has 1 saturated heterocycles. The summed E-state index contributed by atoms with van der Waals surface area (Å²) in [7, 11) is -0.857. The number of benzene rings is 1. The monoisotopic (exact) mass is 355 g/mol. The van der Waals surface area contributed by atoms with Crippen LogP contribution in [-0.4, -0.2) is 30.8 Å². The lowest BCUT2D eigenvalue weighted by Gasteiger charge is -2.32. The van der Waals surface area contributed by atoms with Crippen LogP contribution in [0.5, 0.6) is 0 Å². The van der Waals surface area contributed by atoms with Crippen LogP contribution in [0.15, 0.2) is 17.6 Å². The molecule has 0 aliphatic carbocycles. The van der Waals surface area contributed by atoms with Crippen LogP contribution < -0.4 is 5.32 Å². The van der Waals surface area contributed by atoms with E-state index in [1.165, 1.54) is 13.0 Å². The maximum Gasteiger partial charge on any atom is 0.492 e. The molecule has 136 valence electrons. The van der Waals surface area contributed by atoms with Crippen LogP contribution in [0.3, 0.4) is 0 Å². The fourth-order valence-electron chi connectivity index (χ4n) is 2.27. The lowest BCUT2D eigenvalue weighted by Crippen LogP contribution is -2.41. The van der Waals surface area contributed by atoms with Gasteiger partial charge in [-0.1, -0.05) is 6.08 Å². The van der Waals surface area contributed by atoms with Gasteiger partial charge in [-0.05, 0) is 39.2 Å². The van der Waals surface area contributed by atoms with Crippen molar-refractivity contribution in [1.29, 1.82) is 0 Å². The number of carbonyl (C=O) groups is 1. The molecule has 1 N–H and O–H groups in total. The third kappa shape index (κ3) is 4.25. The normalized spacial score (nSPS) is 19.2. The molecule has 0 aromatic heterocycles. The van der Waals surface area contributed by atoms with Crippen LogP contribution in [0.4, 0.5) is 13.2 Å². The molecule has 1 aliphatic heterocycles. The van der Waals surface area contributed by atoms with Crippen molar-refractivity contribution in [2.45, 2.75) is 45.8 Å². The van der Waals surface area contributed by atoms with E-state index in [-0.39, 0.29) is 18.0 Å². The van der Waals surface area contributed by atoms with Crippen molar-refractivity contribution in [3.05, 3.63) is 40.6 Å². The Morgan fingerprint density at radius 1 is 1.08 bits per heavy atom. The highest BCUT2D eigenvalue weighted by atomic mass is 19.2. The van der Waals surface area contributed by atoms with Crippen LogP contribution >= 0.6 is 0 Å². The molecule has 4 nitrogen and oxygen atoms in total. The van der Waals surface area contributed by atoms with Crippen molar-refractivity contribution < 1.29 is 27.3 Å². The summed E-state index contributed by atoms with van der Waals surface area (Å²) in [6.07, 6.45) is 1.30. The lowest BCUT2D eigenvalue weighted by atomic mass is 9.77. The molecule has 1 heterocycles. The summed E-state index contributed by atoms with van der Waals surface area (Å²) in [4.78, 5) is 11.2. The number of hydrogen-bond donors (Lipinski definition) is 1. The van der Waals surface area contributed by atoms with E-state index in [4.69, 9.17) is 9.31 Å². The number of hydrogen-bond acceptors (Lipinski definition) is 3. The van der Waals surface area contributed by atoms with Gasteiger partial charge in [-0.3, -0.25) is 4.79 Å². The molecule has 0 saturated carbocycles. The molecule has 1 aliphatic rings. The topological polar surface area (TPSA) is 47.6 Å². The summed E-state index contributed by atoms with van der Waals surface area (Å²) in [5.41, 5.74) is -1.05. The molecule has 2 rings (SSSR count). The lowest BCUT2D eigenvalue weighted by molar-refractivity contribution is -0.118. The second kappa shape index (κ2) is 6.84. The zero-order chi connectivity index (χ0) is 19.0. The van der Waals surface area contributed by atoms with Gasteiger partial charge in [0.25, 0.3) is 0 Å². The highest BCUT2D eigenvalue weighted by molar-refractivity contribution is 6.56. The summed E-state index contributed by atoms with van der Waals surface area (Å²) in [5, 5.41) is 2.59. The van der Waals surface area contributed by atoms with Gasteiger partial charge in [0.1, 0.15) is 5.82 Å². The third-order valence-corrected chi connectivity index (χ3v) is 4.48. The highest BCUT2D eigenvalue weighted by Gasteiger charge is 2.52. The van der Waals surface area contributed by atoms with E-state index in [1.807, 2.05) is 27.7 Å². The minimum absolute atomic E-state index is 0.0184. The van der Waals surface area contributed by atoms with Gasteiger partial charge in [-0.15, -0.1) is 0 Å². The van der Waals surface area contributed by atoms with Crippen LogP contribution in [-0.2, 0) is 14.1 Å². The van der Waals surface area contributed by atoms with E-state index < -0.39 is 35.8 Å². The maximum atomic E-state index is 14.0. The Labute approximate surface area is 145 Å². The van der Waals surface area contributed by atoms with E-state index >= 15 is 0 Å². The molecule has 0 atom stereocenters. The number of halogens is 3. The Morgan fingerprint density at radius 3 is 2.12 bits per heavy atom. The molecule has 0 unspecified atom stereocenters. The molecular weight excluding hydrogens is 334 g/mol. The number of amides is 1. The van der Waals surface area contributed by atoms with Gasteiger partial charge in [-0.2, -0.15) is 0 Å². The highest BCUT2D eigenvalue weighted by Crippen LogP contribution is 2.38. The van der Waals surface area contributed by atoms with E-state index in [0.717, 1.165) is 6.07 Å². The fourth-order valence-corrected chi connectivity index (χ4v) is 2.27. The fraction of sp³-hybridized carbons (Fsp3) is 0.471. The smallest absolute Gasteiger partial charge is 0.400 e. The molecule has 1 aromatic carbocycles. The van der Waals surface area contributed by atoms with Crippen molar-refractivity contribution in [2.24, 2.45) is 0 Å². The van der Waals surface area contributed by atoms with Crippen molar-refractivity contribution >= 4 is 19.1 Å². The van der Waals surface area contributed by atoms with E-state index in [9.17, 15) is 18.0 Å². The quantitative estimate of drug-likeness (QED) is 0.666. The Hall–Kier alpha value is -1.80. The standard InChI is InChI=1S/C17H21BF3NO3/c1-10(23)22-9-12(18-24-16(2,3)17(4,5)25-18)6-11-7-14(20)15(21)8-13(11)19/h6-8H,9H2,1-5H3,(H,22,23). The van der Waals surface area contributed by atoms with Crippen LogP contribution in [0.1, 0.15) is 40.2 Å². The second-order valence-corrected chi connectivity index (χ2v) is 7.01. The van der Waals surface area contributed by atoms with Crippen molar-refractivity contribution in [3.63, 3.8) is 0 Å². The molecule has 8 heteroatoms. The average Bonchev–Trinajstić information content (AvgIpc) is 2.68. The van der Waals surface area contributed by atoms with Gasteiger partial charge in [0.2, 0.25) is 5.91 Å². The summed E-state index contributed by atoms with van der Waals surface area (Å²) < 4.78 is 52.3. The summed E-state index contributed by atoms with van der Waals surface area (Å²) in [5.74, 6) is -3.65. The Bertz CT molecular complexity index is 703. The van der Waals surface area contributed by atoms with Gasteiger partial charge in [-0.25, -0.2) is 13.2 Å². The Balaban J connectivity index is 2.40. The number of nitrogens with one attached hydrogen (secondary N) is 1. The number of rotatable bonds is 4. The van der Waals surface area contributed by atoms with Crippen LogP contribution in [0.2, 0.25) is 0 Å². The molecule has 0 bridgehead atoms. The SMILES string of the molecule is CC(=O)NCC(=Cc1cc(F)c(F)cc1F)B1OC(C)(C)C(C)(C)O1. The second-order valence-electron chi connectivity index (χ2n) is 7.01. The van der Waals surface area contributed by atoms with Crippen molar-refractivity contribution in [3.8, 4) is 0 Å². The van der Waals surface area contributed by atoms with Crippen LogP contribution in [0, 0.1) is 17.5 Å². The van der Waals surface area contributed by atoms with Crippen molar-refractivity contribution in [2.75, 3.05) is 6.54 Å². The average molecular weight is 355 g/mol. The Kier molecular flexibility index (Phi) is 5.34. The first-order valence-electron chi connectivity index (χ1n) is 7.88. The molecular formula is C17H21BF3NO3. The Morgan fingerprint density at radius 2 is 1.60 bits per heavy atom.